The van der Waals surface area contributed by atoms with Crippen LogP contribution >= 0.6 is 11.8 Å². The summed E-state index contributed by atoms with van der Waals surface area (Å²) in [5.74, 6) is 0.874. The molecule has 0 aliphatic heterocycles. The Labute approximate surface area is 138 Å². The van der Waals surface area contributed by atoms with Gasteiger partial charge in [-0.2, -0.15) is 4.68 Å². The van der Waals surface area contributed by atoms with Gasteiger partial charge in [0.05, 0.1) is 16.6 Å². The van der Waals surface area contributed by atoms with Crippen LogP contribution < -0.4 is 5.32 Å². The summed E-state index contributed by atoms with van der Waals surface area (Å²) < 4.78 is 15.5. The highest BCUT2D eigenvalue weighted by atomic mass is 32.2. The Hall–Kier alpha value is -1.96. The van der Waals surface area contributed by atoms with Gasteiger partial charge >= 0.3 is 0 Å². The first-order chi connectivity index (χ1) is 10.9. The van der Waals surface area contributed by atoms with Crippen molar-refractivity contribution >= 4 is 23.4 Å². The van der Waals surface area contributed by atoms with Crippen LogP contribution in [0.3, 0.4) is 0 Å². The molecular weight excluding hydrogens is 317 g/mol. The second-order valence-corrected chi connectivity index (χ2v) is 6.83. The van der Waals surface area contributed by atoms with E-state index in [1.54, 1.807) is 24.8 Å². The van der Waals surface area contributed by atoms with Gasteiger partial charge in [-0.3, -0.25) is 4.79 Å². The number of carbonyl (C=O) groups excluding carboxylic acids is 1. The molecule has 124 valence electrons. The molecule has 8 heteroatoms. The normalized spacial score (nSPS) is 12.4. The van der Waals surface area contributed by atoms with Crippen LogP contribution in [0.2, 0.25) is 0 Å². The molecule has 6 nitrogen and oxygen atoms in total. The van der Waals surface area contributed by atoms with Gasteiger partial charge in [0.1, 0.15) is 5.82 Å². The van der Waals surface area contributed by atoms with Crippen molar-refractivity contribution in [3.05, 3.63) is 29.8 Å². The summed E-state index contributed by atoms with van der Waals surface area (Å²) in [5.41, 5.74) is 0.721. The van der Waals surface area contributed by atoms with Crippen LogP contribution in [-0.2, 0) is 4.79 Å². The fraction of sp³-hybridized carbons (Fsp3) is 0.467. The molecule has 0 radical (unpaired) electrons. The molecule has 0 fully saturated rings. The van der Waals surface area contributed by atoms with Crippen molar-refractivity contribution < 1.29 is 9.18 Å². The molecule has 1 amide bonds. The minimum atomic E-state index is -0.489. The second kappa shape index (κ2) is 7.54. The minimum Gasteiger partial charge on any atom is -0.323 e. The highest BCUT2D eigenvalue weighted by Gasteiger charge is 2.23. The molecule has 23 heavy (non-hydrogen) atoms. The van der Waals surface area contributed by atoms with Crippen LogP contribution in [0.4, 0.5) is 10.1 Å². The summed E-state index contributed by atoms with van der Waals surface area (Å²) in [4.78, 5) is 12.4. The Morgan fingerprint density at radius 3 is 2.74 bits per heavy atom. The number of nitrogens with zero attached hydrogens (tertiary/aromatic N) is 4. The van der Waals surface area contributed by atoms with Crippen LogP contribution in [-0.4, -0.2) is 37.1 Å². The standard InChI is InChI=1S/C15H20FN5OS/c1-5-23-14(9(2)3)15(22)17-13-8-11(6-7-12(13)16)21-10(4)18-19-20-21/h6-9,14H,5H2,1-4H3,(H,17,22)/t14-/m0/s1. The zero-order chi connectivity index (χ0) is 17.0. The lowest BCUT2D eigenvalue weighted by molar-refractivity contribution is -0.116. The molecule has 1 heterocycles. The lowest BCUT2D eigenvalue weighted by atomic mass is 10.1. The van der Waals surface area contributed by atoms with Crippen LogP contribution in [0, 0.1) is 18.7 Å². The molecule has 2 aromatic rings. The molecule has 0 bridgehead atoms. The maximum Gasteiger partial charge on any atom is 0.237 e. The van der Waals surface area contributed by atoms with Gasteiger partial charge in [-0.25, -0.2) is 4.39 Å². The number of thioether (sulfide) groups is 1. The molecule has 0 saturated carbocycles. The summed E-state index contributed by atoms with van der Waals surface area (Å²) in [6, 6.07) is 4.39. The van der Waals surface area contributed by atoms with E-state index in [1.807, 2.05) is 20.8 Å². The minimum absolute atomic E-state index is 0.129. The maximum absolute atomic E-state index is 14.0. The van der Waals surface area contributed by atoms with Gasteiger partial charge in [-0.1, -0.05) is 20.8 Å². The zero-order valence-corrected chi connectivity index (χ0v) is 14.4. The maximum atomic E-state index is 14.0. The highest BCUT2D eigenvalue weighted by Crippen LogP contribution is 2.24. The first kappa shape index (κ1) is 17.4. The Morgan fingerprint density at radius 2 is 2.17 bits per heavy atom. The van der Waals surface area contributed by atoms with Crippen LogP contribution in [0.15, 0.2) is 18.2 Å². The predicted octanol–water partition coefficient (Wildman–Crippen LogP) is 2.83. The van der Waals surface area contributed by atoms with Gasteiger partial charge in [0.2, 0.25) is 5.91 Å². The van der Waals surface area contributed by atoms with Gasteiger partial charge in [0.15, 0.2) is 5.82 Å². The first-order valence-electron chi connectivity index (χ1n) is 7.41. The van der Waals surface area contributed by atoms with Crippen molar-refractivity contribution in [2.45, 2.75) is 32.9 Å². The fourth-order valence-electron chi connectivity index (χ4n) is 2.17. The van der Waals surface area contributed by atoms with E-state index >= 15 is 0 Å². The van der Waals surface area contributed by atoms with E-state index in [0.717, 1.165) is 5.75 Å². The topological polar surface area (TPSA) is 72.7 Å². The Kier molecular flexibility index (Phi) is 5.70. The smallest absolute Gasteiger partial charge is 0.237 e. The summed E-state index contributed by atoms with van der Waals surface area (Å²) in [6.45, 7) is 7.69. The van der Waals surface area contributed by atoms with Crippen LogP contribution in [0.1, 0.15) is 26.6 Å². The van der Waals surface area contributed by atoms with E-state index in [2.05, 4.69) is 20.8 Å². The highest BCUT2D eigenvalue weighted by molar-refractivity contribution is 8.00. The van der Waals surface area contributed by atoms with E-state index in [9.17, 15) is 9.18 Å². The van der Waals surface area contributed by atoms with Gasteiger partial charge in [0.25, 0.3) is 0 Å². The molecule has 2 rings (SSSR count). The molecule has 0 unspecified atom stereocenters. The average molecular weight is 337 g/mol. The Balaban J connectivity index is 2.26. The largest absolute Gasteiger partial charge is 0.323 e. The van der Waals surface area contributed by atoms with Gasteiger partial charge in [-0.15, -0.1) is 16.9 Å². The third kappa shape index (κ3) is 4.07. The van der Waals surface area contributed by atoms with E-state index in [0.29, 0.717) is 11.5 Å². The number of hydrogen-bond acceptors (Lipinski definition) is 5. The van der Waals surface area contributed by atoms with E-state index in [1.165, 1.54) is 16.8 Å². The number of tetrazole rings is 1. The van der Waals surface area contributed by atoms with Crippen LogP contribution in [0.5, 0.6) is 0 Å². The Morgan fingerprint density at radius 1 is 1.43 bits per heavy atom. The molecule has 0 aliphatic carbocycles. The molecule has 1 N–H and O–H groups in total. The summed E-state index contributed by atoms with van der Waals surface area (Å²) in [6.07, 6.45) is 0. The number of aromatic nitrogens is 4. The van der Waals surface area contributed by atoms with Gasteiger partial charge in [0, 0.05) is 0 Å². The van der Waals surface area contributed by atoms with E-state index in [-0.39, 0.29) is 22.8 Å². The van der Waals surface area contributed by atoms with Crippen LogP contribution in [0.25, 0.3) is 5.69 Å². The molecule has 1 atom stereocenters. The van der Waals surface area contributed by atoms with Gasteiger partial charge in [-0.05, 0) is 47.2 Å². The molecule has 1 aromatic heterocycles. The lowest BCUT2D eigenvalue weighted by Crippen LogP contribution is -2.30. The number of amides is 1. The lowest BCUT2D eigenvalue weighted by Gasteiger charge is -2.19. The van der Waals surface area contributed by atoms with Crippen molar-refractivity contribution in [2.75, 3.05) is 11.1 Å². The molecule has 0 spiro atoms. The summed E-state index contributed by atoms with van der Waals surface area (Å²) in [5, 5.41) is 13.7. The first-order valence-corrected chi connectivity index (χ1v) is 8.46. The Bertz CT molecular complexity index is 688. The summed E-state index contributed by atoms with van der Waals surface area (Å²) >= 11 is 1.55. The molecule has 0 saturated heterocycles. The number of halogens is 1. The number of nitrogens with one attached hydrogen (secondary N) is 1. The number of carbonyl (C=O) groups is 1. The summed E-state index contributed by atoms with van der Waals surface area (Å²) in [7, 11) is 0. The number of anilines is 1. The van der Waals surface area contributed by atoms with E-state index in [4.69, 9.17) is 0 Å². The number of benzene rings is 1. The quantitative estimate of drug-likeness (QED) is 0.877. The number of hydrogen-bond donors (Lipinski definition) is 1. The second-order valence-electron chi connectivity index (χ2n) is 5.41. The third-order valence-electron chi connectivity index (χ3n) is 3.29. The zero-order valence-electron chi connectivity index (χ0n) is 13.6. The van der Waals surface area contributed by atoms with Crippen molar-refractivity contribution in [1.82, 2.24) is 20.2 Å². The molecule has 1 aromatic carbocycles. The van der Waals surface area contributed by atoms with Crippen molar-refractivity contribution in [3.63, 3.8) is 0 Å². The average Bonchev–Trinajstić information content (AvgIpc) is 2.92. The third-order valence-corrected chi connectivity index (χ3v) is 4.74. The molecular formula is C15H20FN5OS. The van der Waals surface area contributed by atoms with E-state index < -0.39 is 5.82 Å². The number of rotatable bonds is 6. The fourth-order valence-corrected chi connectivity index (χ4v) is 3.12. The molecule has 0 aliphatic rings. The predicted molar refractivity (Wildman–Crippen MR) is 89.2 cm³/mol. The SMILES string of the molecule is CCS[C@H](C(=O)Nc1cc(-n2nnnc2C)ccc1F)C(C)C. The number of aryl methyl sites for hydroxylation is 1. The van der Waals surface area contributed by atoms with Crippen molar-refractivity contribution in [3.8, 4) is 5.69 Å². The van der Waals surface area contributed by atoms with Crippen molar-refractivity contribution in [1.29, 1.82) is 0 Å². The monoisotopic (exact) mass is 337 g/mol. The van der Waals surface area contributed by atoms with Gasteiger partial charge < -0.3 is 5.32 Å². The van der Waals surface area contributed by atoms with Crippen molar-refractivity contribution in [2.24, 2.45) is 5.92 Å².